The molecule has 410 valence electrons. The maximum absolute atomic E-state index is 11.4. The van der Waals surface area contributed by atoms with Crippen LogP contribution in [0.1, 0.15) is 251 Å². The second-order valence-corrected chi connectivity index (χ2v) is 21.8. The van der Waals surface area contributed by atoms with Crippen LogP contribution in [0.2, 0.25) is 10.0 Å². The van der Waals surface area contributed by atoms with Crippen LogP contribution in [0.3, 0.4) is 0 Å². The van der Waals surface area contributed by atoms with Gasteiger partial charge < -0.3 is 50.4 Å². The van der Waals surface area contributed by atoms with Crippen LogP contribution < -0.4 is 10.6 Å². The Morgan fingerprint density at radius 3 is 1.41 bits per heavy atom. The summed E-state index contributed by atoms with van der Waals surface area (Å²) in [5, 5.41) is 62.0. The summed E-state index contributed by atoms with van der Waals surface area (Å²) in [6.07, 6.45) is 38.2. The first kappa shape index (κ1) is 65.3. The van der Waals surface area contributed by atoms with E-state index in [0.29, 0.717) is 28.7 Å². The van der Waals surface area contributed by atoms with Crippen LogP contribution in [-0.4, -0.2) is 99.4 Å². The lowest BCUT2D eigenvalue weighted by Crippen LogP contribution is -2.60. The molecule has 1 fully saturated rings. The van der Waals surface area contributed by atoms with Gasteiger partial charge in [-0.2, -0.15) is 0 Å². The van der Waals surface area contributed by atoms with E-state index >= 15 is 0 Å². The Hall–Kier alpha value is -0.830. The lowest BCUT2D eigenvalue weighted by Gasteiger charge is -2.40. The number of rotatable bonds is 47. The molecule has 0 aliphatic carbocycles. The Labute approximate surface area is 442 Å². The Bertz CT molecular complexity index is 1370. The molecule has 7 N–H and O–H groups in total. The van der Waals surface area contributed by atoms with Crippen molar-refractivity contribution in [3.8, 4) is 0 Å². The quantitative estimate of drug-likeness (QED) is 0.0247. The molecule has 8 atom stereocenters. The van der Waals surface area contributed by atoms with Gasteiger partial charge in [0.15, 0.2) is 6.29 Å². The molecular formula is C57H104Cl2N2O8S. The molecule has 0 spiro atoms. The summed E-state index contributed by atoms with van der Waals surface area (Å²) in [6.45, 7) is 4.81. The van der Waals surface area contributed by atoms with Crippen LogP contribution in [0.4, 0.5) is 5.69 Å². The largest absolute Gasteiger partial charge is 0.468 e. The van der Waals surface area contributed by atoms with E-state index in [4.69, 9.17) is 49.6 Å². The van der Waals surface area contributed by atoms with E-state index < -0.39 is 49.0 Å². The van der Waals surface area contributed by atoms with Gasteiger partial charge in [0.25, 0.3) is 5.17 Å². The predicted octanol–water partition coefficient (Wildman–Crippen LogP) is 14.7. The fraction of sp³-hybridized carbons (Fsp3) is 0.877. The molecule has 70 heavy (non-hydrogen) atoms. The van der Waals surface area contributed by atoms with E-state index in [2.05, 4.69) is 24.5 Å². The van der Waals surface area contributed by atoms with Crippen LogP contribution in [0.25, 0.3) is 0 Å². The smallest absolute Gasteiger partial charge is 0.261 e. The van der Waals surface area contributed by atoms with Crippen LogP contribution in [0.5, 0.6) is 0 Å². The third kappa shape index (κ3) is 32.5. The average molecular weight is 1050 g/mol. The van der Waals surface area contributed by atoms with Gasteiger partial charge in [0, 0.05) is 5.69 Å². The van der Waals surface area contributed by atoms with E-state index in [0.717, 1.165) is 38.5 Å². The van der Waals surface area contributed by atoms with Crippen molar-refractivity contribution in [1.29, 1.82) is 0 Å². The number of anilines is 1. The van der Waals surface area contributed by atoms with Crippen LogP contribution >= 0.6 is 35.4 Å². The van der Waals surface area contributed by atoms with E-state index in [-0.39, 0.29) is 18.4 Å². The monoisotopic (exact) mass is 1050 g/mol. The number of nitrogens with one attached hydrogen (secondary N) is 2. The number of aliphatic hydroxyl groups excluding tert-OH is 5. The normalized spacial score (nSPS) is 19.6. The highest BCUT2D eigenvalue weighted by molar-refractivity contribution is 7.80. The Morgan fingerprint density at radius 1 is 0.571 bits per heavy atom. The third-order valence-electron chi connectivity index (χ3n) is 14.3. The molecule has 0 bridgehead atoms. The summed E-state index contributed by atoms with van der Waals surface area (Å²) < 4.78 is 17.6. The fourth-order valence-electron chi connectivity index (χ4n) is 9.56. The van der Waals surface area contributed by atoms with Crippen molar-refractivity contribution in [2.24, 2.45) is 0 Å². The molecule has 1 saturated heterocycles. The highest BCUT2D eigenvalue weighted by Crippen LogP contribution is 2.27. The zero-order valence-corrected chi connectivity index (χ0v) is 46.6. The van der Waals surface area contributed by atoms with Crippen LogP contribution in [0.15, 0.2) is 18.2 Å². The van der Waals surface area contributed by atoms with Crippen molar-refractivity contribution in [2.75, 3.05) is 25.1 Å². The van der Waals surface area contributed by atoms with Gasteiger partial charge in [-0.05, 0) is 49.8 Å². The summed E-state index contributed by atoms with van der Waals surface area (Å²) in [5.74, 6) is 0. The van der Waals surface area contributed by atoms with Gasteiger partial charge in [0.2, 0.25) is 0 Å². The average Bonchev–Trinajstić information content (AvgIpc) is 3.35. The minimum absolute atomic E-state index is 0.0254. The molecule has 13 heteroatoms. The topological polar surface area (TPSA) is 153 Å². The predicted molar refractivity (Wildman–Crippen MR) is 297 cm³/mol. The van der Waals surface area contributed by atoms with E-state index in [1.54, 1.807) is 18.2 Å². The number of halogens is 2. The van der Waals surface area contributed by atoms with Crippen molar-refractivity contribution in [3.63, 3.8) is 0 Å². The summed E-state index contributed by atoms with van der Waals surface area (Å²) in [5.41, 5.74) is 0.547. The number of hydrogen-bond donors (Lipinski definition) is 7. The van der Waals surface area contributed by atoms with Crippen LogP contribution in [-0.2, 0) is 14.2 Å². The van der Waals surface area contributed by atoms with Crippen molar-refractivity contribution >= 4 is 46.3 Å². The second-order valence-electron chi connectivity index (χ2n) is 20.6. The first-order chi connectivity index (χ1) is 34.1. The highest BCUT2D eigenvalue weighted by atomic mass is 35.5. The van der Waals surface area contributed by atoms with Gasteiger partial charge in [-0.25, -0.2) is 0 Å². The third-order valence-corrected chi connectivity index (χ3v) is 15.2. The lowest BCUT2D eigenvalue weighted by atomic mass is 9.98. The molecule has 1 aromatic carbocycles. The molecule has 10 nitrogen and oxygen atoms in total. The molecule has 1 aromatic rings. The Balaban J connectivity index is 1.70. The first-order valence-electron chi connectivity index (χ1n) is 28.9. The Morgan fingerprint density at radius 2 is 0.986 bits per heavy atom. The molecular weight excluding hydrogens is 944 g/mol. The minimum Gasteiger partial charge on any atom is -0.468 e. The van der Waals surface area contributed by atoms with Gasteiger partial charge in [-0.1, -0.05) is 262 Å². The molecule has 0 aromatic heterocycles. The van der Waals surface area contributed by atoms with Crippen LogP contribution in [0, 0.1) is 0 Å². The maximum Gasteiger partial charge on any atom is 0.261 e. The first-order valence-corrected chi connectivity index (χ1v) is 30.0. The highest BCUT2D eigenvalue weighted by Gasteiger charge is 2.45. The molecule has 0 unspecified atom stereocenters. The van der Waals surface area contributed by atoms with Crippen molar-refractivity contribution < 1.29 is 39.7 Å². The summed E-state index contributed by atoms with van der Waals surface area (Å²) in [6, 6.07) is 4.23. The summed E-state index contributed by atoms with van der Waals surface area (Å²) in [7, 11) is 0. The number of hydrogen-bond acceptors (Lipinski definition) is 10. The molecule has 1 heterocycles. The summed E-state index contributed by atoms with van der Waals surface area (Å²) in [4.78, 5) is 0. The van der Waals surface area contributed by atoms with Crippen molar-refractivity contribution in [2.45, 2.75) is 300 Å². The number of benzene rings is 1. The van der Waals surface area contributed by atoms with Gasteiger partial charge >= 0.3 is 0 Å². The lowest BCUT2D eigenvalue weighted by molar-refractivity contribution is -0.302. The minimum atomic E-state index is -1.59. The molecule has 1 aliphatic rings. The van der Waals surface area contributed by atoms with Crippen molar-refractivity contribution in [3.05, 3.63) is 28.2 Å². The summed E-state index contributed by atoms with van der Waals surface area (Å²) >= 11 is 17.4. The fourth-order valence-corrected chi connectivity index (χ4v) is 10.0. The molecule has 0 radical (unpaired) electrons. The van der Waals surface area contributed by atoms with E-state index in [1.165, 1.54) is 193 Å². The van der Waals surface area contributed by atoms with E-state index in [1.807, 2.05) is 0 Å². The van der Waals surface area contributed by atoms with Crippen molar-refractivity contribution in [1.82, 2.24) is 5.32 Å². The Kier molecular flexibility index (Phi) is 41.5. The zero-order valence-electron chi connectivity index (χ0n) is 44.3. The molecule has 0 amide bonds. The standard InChI is InChI=1S/C57H104Cl2N2O8S/c1-3-5-7-9-11-13-15-17-18-19-20-21-22-23-24-25-26-27-28-30-32-34-36-38-42-60-49(52(63)50(62)39-37-35-33-31-29-16-14-12-10-8-6-4-2)44-67-56-55(66)54(65)53(64)51(69-56)45-68-57(70)61-46-40-41-47(58)48(59)43-46/h40-41,43,49-56,60,62-66H,3-39,42,44-45H2,1-2H3,(H,61,70)/t49-,50+,51+,52-,53-,54-,55+,56-/m0/s1. The second kappa shape index (κ2) is 44.5. The molecule has 1 aliphatic heterocycles. The van der Waals surface area contributed by atoms with Gasteiger partial charge in [-0.3, -0.25) is 0 Å². The number of thiocarbonyl (C=S) groups is 1. The maximum atomic E-state index is 11.4. The van der Waals surface area contributed by atoms with Gasteiger partial charge in [0.05, 0.1) is 34.9 Å². The zero-order chi connectivity index (χ0) is 50.9. The SMILES string of the molecule is CCCCCCCCCCCCCCCCCCCCCCCCCCN[C@@H](CO[C@H]1O[C@H](COC(=S)Nc2ccc(Cl)c(Cl)c2)[C@H](O)[C@H](O)[C@H]1O)[C@H](O)[C@H](O)CCCCCCCCCCCCCC. The van der Waals surface area contributed by atoms with Gasteiger partial charge in [0.1, 0.15) is 31.0 Å². The molecule has 0 saturated carbocycles. The number of unbranched alkanes of at least 4 members (excludes halogenated alkanes) is 34. The number of ether oxygens (including phenoxy) is 3. The van der Waals surface area contributed by atoms with E-state index in [9.17, 15) is 25.5 Å². The number of aliphatic hydroxyl groups is 5. The molecule has 2 rings (SSSR count). The van der Waals surface area contributed by atoms with Gasteiger partial charge in [-0.15, -0.1) is 0 Å².